The first-order valence-electron chi connectivity index (χ1n) is 8.87. The molecule has 5 nitrogen and oxygen atoms in total. The van der Waals surface area contributed by atoms with Gasteiger partial charge in [0.15, 0.2) is 0 Å². The first-order valence-corrected chi connectivity index (χ1v) is 8.87. The summed E-state index contributed by atoms with van der Waals surface area (Å²) >= 11 is 0. The second-order valence-electron chi connectivity index (χ2n) is 6.67. The third kappa shape index (κ3) is 3.43. The van der Waals surface area contributed by atoms with Gasteiger partial charge in [-0.2, -0.15) is 0 Å². The molecule has 0 aromatic heterocycles. The molecule has 0 aliphatic heterocycles. The number of alkyl carbamates (subject to hydrolysis) is 1. The van der Waals surface area contributed by atoms with Crippen LogP contribution in [-0.4, -0.2) is 29.8 Å². The standard InChI is InChI=1S/C21H23NO4/c1-3-13(2)19(20(23)24)22-21(25)26-12-18-16-10-6-4-8-14(16)15-9-5-7-11-17(15)18/h4-11,13,18-19H,3,12H2,1-2H3,(H,22,25)(H,23,24)/t13-,19-/m0/s1/i1+1,2+1,3+1,13+1,19+1,20+1,22+1. The maximum Gasteiger partial charge on any atom is 0.407 e. The number of carboxylic acids is 1. The summed E-state index contributed by atoms with van der Waals surface area (Å²) in [5.41, 5.74) is 4.55. The molecule has 2 aromatic rings. The van der Waals surface area contributed by atoms with E-state index >= 15 is 0 Å². The Balaban J connectivity index is 1.72. The number of fused-ring (bicyclic) bond motifs is 3. The smallest absolute Gasteiger partial charge is 0.407 e. The minimum atomic E-state index is -1.05. The molecular weight excluding hydrogens is 337 g/mol. The van der Waals surface area contributed by atoms with E-state index in [-0.39, 0.29) is 18.4 Å². The molecule has 1 aliphatic carbocycles. The molecule has 0 saturated carbocycles. The van der Waals surface area contributed by atoms with Gasteiger partial charge in [0.2, 0.25) is 0 Å². The van der Waals surface area contributed by atoms with Crippen LogP contribution in [0.5, 0.6) is 0 Å². The molecule has 0 heterocycles. The molecule has 26 heavy (non-hydrogen) atoms. The van der Waals surface area contributed by atoms with Crippen molar-refractivity contribution in [2.75, 3.05) is 6.61 Å². The van der Waals surface area contributed by atoms with Crippen LogP contribution in [0.2, 0.25) is 0 Å². The molecule has 1 aliphatic rings. The lowest BCUT2D eigenvalue weighted by atomic mass is 9.98. The molecular formula is C21H23NO4. The van der Waals surface area contributed by atoms with Crippen molar-refractivity contribution in [3.63, 3.8) is 0 Å². The number of carboxylic acid groups (broad SMARTS) is 1. The van der Waals surface area contributed by atoms with Gasteiger partial charge in [0, 0.05) is 5.92 Å². The van der Waals surface area contributed by atoms with Crippen molar-refractivity contribution in [2.45, 2.75) is 32.2 Å². The summed E-state index contributed by atoms with van der Waals surface area (Å²) in [6, 6.07) is 15.2. The van der Waals surface area contributed by atoms with Crippen LogP contribution in [0, 0.1) is 5.92 Å². The molecule has 0 unspecified atom stereocenters. The van der Waals surface area contributed by atoms with Crippen LogP contribution in [0.1, 0.15) is 37.3 Å². The second kappa shape index (κ2) is 7.60. The fraction of sp³-hybridized carbons (Fsp3) is 0.333. The van der Waals surface area contributed by atoms with E-state index in [1.807, 2.05) is 43.3 Å². The number of nitrogens with one attached hydrogen (secondary N) is 1. The zero-order valence-corrected chi connectivity index (χ0v) is 14.9. The summed E-state index contributed by atoms with van der Waals surface area (Å²) in [5, 5.41) is 11.8. The highest BCUT2D eigenvalue weighted by atomic mass is 16.6. The normalized spacial score (nSPS) is 14.8. The van der Waals surface area contributed by atoms with Crippen LogP contribution in [0.3, 0.4) is 0 Å². The zero-order chi connectivity index (χ0) is 18.7. The second-order valence-corrected chi connectivity index (χ2v) is 6.67. The summed E-state index contributed by atoms with van der Waals surface area (Å²) in [5.74, 6) is -1.26. The average Bonchev–Trinajstić information content (AvgIpc) is 2.97. The molecule has 2 aromatic carbocycles. The number of carbonyl (C=O) groups excluding carboxylic acids is 1. The molecule has 2 atom stereocenters. The molecule has 1 amide bonds. The number of rotatable bonds is 6. The van der Waals surface area contributed by atoms with E-state index in [1.165, 1.54) is 0 Å². The first-order chi connectivity index (χ1) is 12.5. The summed E-state index contributed by atoms with van der Waals surface area (Å²) in [6.07, 6.45) is -0.0415. The fourth-order valence-corrected chi connectivity index (χ4v) is 3.45. The lowest BCUT2D eigenvalue weighted by Crippen LogP contribution is -2.45. The van der Waals surface area contributed by atoms with Gasteiger partial charge in [-0.05, 0) is 28.2 Å². The number of amides is 1. The SMILES string of the molecule is [13CH3][13CH2][13C@H]([13CH3])[13C@H]([15NH]C(=O)OCC1c2ccccc2-c2ccccc21)[13C](=O)O. The summed E-state index contributed by atoms with van der Waals surface area (Å²) in [6.45, 7) is 3.86. The van der Waals surface area contributed by atoms with E-state index in [0.717, 1.165) is 22.3 Å². The van der Waals surface area contributed by atoms with Gasteiger partial charge < -0.3 is 15.2 Å². The van der Waals surface area contributed by atoms with E-state index in [1.54, 1.807) is 6.92 Å². The topological polar surface area (TPSA) is 75.6 Å². The number of hydrogen-bond acceptors (Lipinski definition) is 3. The Labute approximate surface area is 153 Å². The van der Waals surface area contributed by atoms with Crippen molar-refractivity contribution >= 4 is 12.1 Å². The number of aliphatic carboxylic acids is 1. The van der Waals surface area contributed by atoms with Crippen LogP contribution >= 0.6 is 0 Å². The zero-order valence-electron chi connectivity index (χ0n) is 14.9. The molecule has 0 saturated heterocycles. The van der Waals surface area contributed by atoms with Gasteiger partial charge in [0.05, 0.1) is 0 Å². The maximum absolute atomic E-state index is 12.2. The van der Waals surface area contributed by atoms with E-state index in [2.05, 4.69) is 17.4 Å². The third-order valence-electron chi connectivity index (χ3n) is 5.10. The highest BCUT2D eigenvalue weighted by Gasteiger charge is 2.30. The average molecular weight is 360 g/mol. The van der Waals surface area contributed by atoms with Gasteiger partial charge in [-0.3, -0.25) is 0 Å². The lowest BCUT2D eigenvalue weighted by Gasteiger charge is -2.21. The van der Waals surface area contributed by atoms with Crippen LogP contribution < -0.4 is 5.32 Å². The van der Waals surface area contributed by atoms with E-state index in [9.17, 15) is 14.7 Å². The minimum absolute atomic E-state index is 0.0416. The molecule has 3 rings (SSSR count). The van der Waals surface area contributed by atoms with E-state index in [4.69, 9.17) is 4.74 Å². The Morgan fingerprint density at radius 3 is 2.12 bits per heavy atom. The Morgan fingerprint density at radius 1 is 1.08 bits per heavy atom. The highest BCUT2D eigenvalue weighted by Crippen LogP contribution is 2.44. The summed E-state index contributed by atoms with van der Waals surface area (Å²) in [4.78, 5) is 23.5. The van der Waals surface area contributed by atoms with Crippen LogP contribution in [-0.2, 0) is 9.53 Å². The van der Waals surface area contributed by atoms with E-state index in [0.29, 0.717) is 6.42 Å². The molecule has 136 valence electrons. The molecule has 2 N–H and O–H groups in total. The van der Waals surface area contributed by atoms with Gasteiger partial charge in [0.1, 0.15) is 12.6 Å². The minimum Gasteiger partial charge on any atom is -0.480 e. The summed E-state index contributed by atoms with van der Waals surface area (Å²) in [7, 11) is 0. The molecule has 0 fully saturated rings. The molecule has 0 spiro atoms. The van der Waals surface area contributed by atoms with Crippen LogP contribution in [0.25, 0.3) is 11.1 Å². The number of ether oxygens (including phenoxy) is 1. The number of carbonyl (C=O) groups is 2. The van der Waals surface area contributed by atoms with Gasteiger partial charge >= 0.3 is 12.1 Å². The Hall–Kier alpha value is -2.82. The Bertz CT molecular complexity index is 772. The van der Waals surface area contributed by atoms with Crippen LogP contribution in [0.4, 0.5) is 4.79 Å². The monoisotopic (exact) mass is 360 g/mol. The fourth-order valence-electron chi connectivity index (χ4n) is 3.45. The van der Waals surface area contributed by atoms with Gasteiger partial charge in [-0.15, -0.1) is 0 Å². The van der Waals surface area contributed by atoms with Crippen molar-refractivity contribution in [1.82, 2.24) is 5.32 Å². The molecule has 0 radical (unpaired) electrons. The van der Waals surface area contributed by atoms with E-state index < -0.39 is 18.1 Å². The van der Waals surface area contributed by atoms with Crippen molar-refractivity contribution in [3.05, 3.63) is 59.7 Å². The maximum atomic E-state index is 12.2. The van der Waals surface area contributed by atoms with Crippen molar-refractivity contribution in [3.8, 4) is 11.1 Å². The van der Waals surface area contributed by atoms with Gasteiger partial charge in [0.25, 0.3) is 0 Å². The van der Waals surface area contributed by atoms with Crippen molar-refractivity contribution in [1.29, 1.82) is 0 Å². The predicted octanol–water partition coefficient (Wildman–Crippen LogP) is 4.02. The summed E-state index contributed by atoms with van der Waals surface area (Å²) < 4.78 is 5.40. The number of benzene rings is 2. The predicted molar refractivity (Wildman–Crippen MR) is 99.1 cm³/mol. The first kappa shape index (κ1) is 18.0. The Morgan fingerprint density at radius 2 is 1.62 bits per heavy atom. The van der Waals surface area contributed by atoms with Crippen molar-refractivity contribution in [2.24, 2.45) is 5.92 Å². The molecule has 5 heteroatoms. The van der Waals surface area contributed by atoms with Gasteiger partial charge in [-0.1, -0.05) is 68.8 Å². The largest absolute Gasteiger partial charge is 0.480 e. The lowest BCUT2D eigenvalue weighted by molar-refractivity contribution is -0.140. The quantitative estimate of drug-likeness (QED) is 0.603. The number of hydrogen-bond donors (Lipinski definition) is 2. The van der Waals surface area contributed by atoms with Crippen LogP contribution in [0.15, 0.2) is 48.5 Å². The third-order valence-corrected chi connectivity index (χ3v) is 5.10. The molecule has 0 bridgehead atoms. The highest BCUT2D eigenvalue weighted by molar-refractivity contribution is 5.81. The Kier molecular flexibility index (Phi) is 5.26. The van der Waals surface area contributed by atoms with Crippen molar-refractivity contribution < 1.29 is 19.4 Å². The van der Waals surface area contributed by atoms with Gasteiger partial charge in [-0.25, -0.2) is 9.59 Å².